The molecule has 0 spiro atoms. The molecule has 0 aromatic heterocycles. The van der Waals surface area contributed by atoms with Crippen molar-refractivity contribution in [2.24, 2.45) is 11.1 Å². The van der Waals surface area contributed by atoms with Gasteiger partial charge in [0.25, 0.3) is 0 Å². The van der Waals surface area contributed by atoms with Gasteiger partial charge in [-0.2, -0.15) is 0 Å². The van der Waals surface area contributed by atoms with Crippen molar-refractivity contribution in [1.29, 1.82) is 0 Å². The minimum Gasteiger partial charge on any atom is -0.496 e. The van der Waals surface area contributed by atoms with Crippen molar-refractivity contribution in [1.82, 2.24) is 0 Å². The molecule has 0 amide bonds. The van der Waals surface area contributed by atoms with Gasteiger partial charge in [0.15, 0.2) is 0 Å². The zero-order valence-corrected chi connectivity index (χ0v) is 11.4. The molecule has 0 unspecified atom stereocenters. The fourth-order valence-electron chi connectivity index (χ4n) is 2.67. The summed E-state index contributed by atoms with van der Waals surface area (Å²) in [5, 5.41) is 0. The Kier molecular flexibility index (Phi) is 3.17. The smallest absolute Gasteiger partial charge is 0.124 e. The zero-order valence-electron chi connectivity index (χ0n) is 11.4. The molecule has 1 aromatic carbocycles. The van der Waals surface area contributed by atoms with Gasteiger partial charge >= 0.3 is 0 Å². The van der Waals surface area contributed by atoms with E-state index in [2.05, 4.69) is 26.8 Å². The third-order valence-electron chi connectivity index (χ3n) is 4.29. The summed E-state index contributed by atoms with van der Waals surface area (Å²) in [5.41, 5.74) is 11.6. The average Bonchev–Trinajstić information content (AvgIpc) is 3.07. The number of hydrogen-bond donors (Lipinski definition) is 1. The van der Waals surface area contributed by atoms with Gasteiger partial charge in [-0.3, -0.25) is 0 Å². The highest BCUT2D eigenvalue weighted by Gasteiger charge is 2.41. The predicted octanol–water partition coefficient (Wildman–Crippen LogP) is 2.90. The first-order chi connectivity index (χ1) is 8.03. The quantitative estimate of drug-likeness (QED) is 0.868. The van der Waals surface area contributed by atoms with Crippen LogP contribution < -0.4 is 10.5 Å². The van der Waals surface area contributed by atoms with Crippen LogP contribution in [0.4, 0.5) is 0 Å². The SMILES string of the molecule is COc1c(C)cc(CC2(CN)CC2)c(C)c1C. The monoisotopic (exact) mass is 233 g/mol. The molecule has 0 saturated heterocycles. The lowest BCUT2D eigenvalue weighted by atomic mass is 9.90. The fourth-order valence-corrected chi connectivity index (χ4v) is 2.67. The van der Waals surface area contributed by atoms with Crippen molar-refractivity contribution in [2.45, 2.75) is 40.0 Å². The van der Waals surface area contributed by atoms with Gasteiger partial charge in [-0.25, -0.2) is 0 Å². The normalized spacial score (nSPS) is 17.0. The number of hydrogen-bond acceptors (Lipinski definition) is 2. The number of rotatable bonds is 4. The van der Waals surface area contributed by atoms with E-state index in [1.165, 1.54) is 35.1 Å². The molecule has 1 aromatic rings. The summed E-state index contributed by atoms with van der Waals surface area (Å²) < 4.78 is 5.46. The van der Waals surface area contributed by atoms with Gasteiger partial charge in [-0.1, -0.05) is 6.07 Å². The van der Waals surface area contributed by atoms with Gasteiger partial charge in [0, 0.05) is 0 Å². The predicted molar refractivity (Wildman–Crippen MR) is 71.6 cm³/mol. The number of methoxy groups -OCH3 is 1. The van der Waals surface area contributed by atoms with E-state index >= 15 is 0 Å². The molecule has 1 aliphatic rings. The number of ether oxygens (including phenoxy) is 1. The van der Waals surface area contributed by atoms with Crippen LogP contribution in [0.5, 0.6) is 5.75 Å². The van der Waals surface area contributed by atoms with Crippen molar-refractivity contribution in [3.8, 4) is 5.75 Å². The van der Waals surface area contributed by atoms with E-state index in [1.54, 1.807) is 7.11 Å². The Bertz CT molecular complexity index is 433. The van der Waals surface area contributed by atoms with Crippen molar-refractivity contribution in [3.63, 3.8) is 0 Å². The molecule has 94 valence electrons. The zero-order chi connectivity index (χ0) is 12.6. The molecule has 0 heterocycles. The average molecular weight is 233 g/mol. The maximum absolute atomic E-state index is 5.87. The van der Waals surface area contributed by atoms with Crippen LogP contribution in [0.1, 0.15) is 35.1 Å². The summed E-state index contributed by atoms with van der Waals surface area (Å²) >= 11 is 0. The Labute approximate surface area is 104 Å². The van der Waals surface area contributed by atoms with Gasteiger partial charge < -0.3 is 10.5 Å². The van der Waals surface area contributed by atoms with Crippen molar-refractivity contribution < 1.29 is 4.74 Å². The summed E-state index contributed by atoms with van der Waals surface area (Å²) in [7, 11) is 1.75. The lowest BCUT2D eigenvalue weighted by Crippen LogP contribution is -2.18. The van der Waals surface area contributed by atoms with Gasteiger partial charge in [-0.05, 0) is 74.2 Å². The van der Waals surface area contributed by atoms with Crippen LogP contribution in [0.25, 0.3) is 0 Å². The lowest BCUT2D eigenvalue weighted by Gasteiger charge is -2.19. The number of nitrogens with two attached hydrogens (primary N) is 1. The van der Waals surface area contributed by atoms with Crippen molar-refractivity contribution >= 4 is 0 Å². The number of aryl methyl sites for hydroxylation is 1. The molecular weight excluding hydrogens is 210 g/mol. The Hall–Kier alpha value is -1.02. The molecular formula is C15H23NO. The molecule has 2 nitrogen and oxygen atoms in total. The summed E-state index contributed by atoms with van der Waals surface area (Å²) in [4.78, 5) is 0. The third-order valence-corrected chi connectivity index (χ3v) is 4.29. The molecule has 2 rings (SSSR count). The Balaban J connectivity index is 2.35. The second-order valence-corrected chi connectivity index (χ2v) is 5.52. The van der Waals surface area contributed by atoms with E-state index in [-0.39, 0.29) is 0 Å². The van der Waals surface area contributed by atoms with E-state index in [9.17, 15) is 0 Å². The third kappa shape index (κ3) is 2.19. The van der Waals surface area contributed by atoms with E-state index in [0.29, 0.717) is 5.41 Å². The van der Waals surface area contributed by atoms with E-state index in [0.717, 1.165) is 18.7 Å². The lowest BCUT2D eigenvalue weighted by molar-refractivity contribution is 0.407. The van der Waals surface area contributed by atoms with Gasteiger partial charge in [0.05, 0.1) is 7.11 Å². The summed E-state index contributed by atoms with van der Waals surface area (Å²) in [6.07, 6.45) is 3.70. The molecule has 0 aliphatic heterocycles. The summed E-state index contributed by atoms with van der Waals surface area (Å²) in [6.45, 7) is 7.28. The van der Waals surface area contributed by atoms with Crippen molar-refractivity contribution in [2.75, 3.05) is 13.7 Å². The molecule has 0 bridgehead atoms. The van der Waals surface area contributed by atoms with Gasteiger partial charge in [0.1, 0.15) is 5.75 Å². The van der Waals surface area contributed by atoms with Crippen LogP contribution in [0.3, 0.4) is 0 Å². The standard InChI is InChI=1S/C15H23NO/c1-10-7-13(8-15(9-16)5-6-15)11(2)12(3)14(10)17-4/h7H,5-6,8-9,16H2,1-4H3. The first-order valence-corrected chi connectivity index (χ1v) is 6.37. The second-order valence-electron chi connectivity index (χ2n) is 5.52. The highest BCUT2D eigenvalue weighted by Crippen LogP contribution is 2.48. The Morgan fingerprint density at radius 3 is 2.35 bits per heavy atom. The van der Waals surface area contributed by atoms with Crippen LogP contribution in [0, 0.1) is 26.2 Å². The topological polar surface area (TPSA) is 35.2 Å². The molecule has 17 heavy (non-hydrogen) atoms. The molecule has 1 saturated carbocycles. The van der Waals surface area contributed by atoms with E-state index in [4.69, 9.17) is 10.5 Å². The Morgan fingerprint density at radius 2 is 1.88 bits per heavy atom. The first-order valence-electron chi connectivity index (χ1n) is 6.37. The van der Waals surface area contributed by atoms with Crippen LogP contribution in [-0.2, 0) is 6.42 Å². The highest BCUT2D eigenvalue weighted by molar-refractivity contribution is 5.49. The van der Waals surface area contributed by atoms with Gasteiger partial charge in [-0.15, -0.1) is 0 Å². The van der Waals surface area contributed by atoms with Gasteiger partial charge in [0.2, 0.25) is 0 Å². The fraction of sp³-hybridized carbons (Fsp3) is 0.600. The molecule has 1 fully saturated rings. The Morgan fingerprint density at radius 1 is 1.24 bits per heavy atom. The molecule has 2 heteroatoms. The number of benzene rings is 1. The van der Waals surface area contributed by atoms with E-state index in [1.807, 2.05) is 0 Å². The van der Waals surface area contributed by atoms with Crippen LogP contribution in [0.2, 0.25) is 0 Å². The molecule has 0 atom stereocenters. The maximum atomic E-state index is 5.87. The maximum Gasteiger partial charge on any atom is 0.124 e. The first kappa shape index (κ1) is 12.4. The second kappa shape index (κ2) is 4.34. The minimum atomic E-state index is 0.401. The van der Waals surface area contributed by atoms with Crippen LogP contribution in [-0.4, -0.2) is 13.7 Å². The highest BCUT2D eigenvalue weighted by atomic mass is 16.5. The summed E-state index contributed by atoms with van der Waals surface area (Å²) in [6, 6.07) is 2.27. The summed E-state index contributed by atoms with van der Waals surface area (Å²) in [5.74, 6) is 1.03. The minimum absolute atomic E-state index is 0.401. The van der Waals surface area contributed by atoms with Crippen LogP contribution >= 0.6 is 0 Å². The van der Waals surface area contributed by atoms with E-state index < -0.39 is 0 Å². The van der Waals surface area contributed by atoms with Crippen LogP contribution in [0.15, 0.2) is 6.07 Å². The molecule has 0 radical (unpaired) electrons. The van der Waals surface area contributed by atoms with Crippen molar-refractivity contribution in [3.05, 3.63) is 28.3 Å². The largest absolute Gasteiger partial charge is 0.496 e. The molecule has 1 aliphatic carbocycles. The molecule has 2 N–H and O–H groups in total.